The number of aromatic nitrogens is 2. The number of piperidine rings is 1. The molecule has 4 nitrogen and oxygen atoms in total. The summed E-state index contributed by atoms with van der Waals surface area (Å²) in [5.74, 6) is 0.790. The summed E-state index contributed by atoms with van der Waals surface area (Å²) in [6.45, 7) is 3.18. The van der Waals surface area contributed by atoms with Crippen LogP contribution in [0.25, 0.3) is 11.0 Å². The average molecular weight is 321 g/mol. The molecule has 124 valence electrons. The van der Waals surface area contributed by atoms with Gasteiger partial charge < -0.3 is 9.67 Å². The van der Waals surface area contributed by atoms with Crippen molar-refractivity contribution in [3.63, 3.8) is 0 Å². The molecule has 1 aliphatic heterocycles. The van der Waals surface area contributed by atoms with Crippen LogP contribution in [0.1, 0.15) is 30.3 Å². The fourth-order valence-electron chi connectivity index (χ4n) is 3.79. The lowest BCUT2D eigenvalue weighted by atomic mass is 10.0. The lowest BCUT2D eigenvalue weighted by Gasteiger charge is -2.33. The summed E-state index contributed by atoms with van der Waals surface area (Å²) in [5, 5.41) is 9.70. The molecule has 0 aliphatic carbocycles. The van der Waals surface area contributed by atoms with Crippen molar-refractivity contribution in [1.82, 2.24) is 14.5 Å². The highest BCUT2D eigenvalue weighted by Crippen LogP contribution is 2.29. The Kier molecular flexibility index (Phi) is 4.32. The Morgan fingerprint density at radius 2 is 1.67 bits per heavy atom. The number of para-hydroxylation sites is 2. The number of fused-ring (bicyclic) bond motifs is 1. The molecule has 2 heterocycles. The van der Waals surface area contributed by atoms with Crippen LogP contribution in [0.2, 0.25) is 0 Å². The van der Waals surface area contributed by atoms with Gasteiger partial charge in [0, 0.05) is 25.7 Å². The molecule has 4 rings (SSSR count). The van der Waals surface area contributed by atoms with E-state index >= 15 is 0 Å². The zero-order valence-electron chi connectivity index (χ0n) is 13.8. The van der Waals surface area contributed by atoms with Crippen LogP contribution >= 0.6 is 0 Å². The fourth-order valence-corrected chi connectivity index (χ4v) is 3.79. The van der Waals surface area contributed by atoms with E-state index in [9.17, 15) is 5.11 Å². The molecule has 3 aromatic rings. The molecule has 0 amide bonds. The summed E-state index contributed by atoms with van der Waals surface area (Å²) < 4.78 is 2.26. The van der Waals surface area contributed by atoms with Gasteiger partial charge in [-0.05, 0) is 30.5 Å². The third-order valence-electron chi connectivity index (χ3n) is 4.98. The summed E-state index contributed by atoms with van der Waals surface area (Å²) in [4.78, 5) is 7.11. The zero-order valence-corrected chi connectivity index (χ0v) is 13.8. The first-order valence-electron chi connectivity index (χ1n) is 8.68. The van der Waals surface area contributed by atoms with Crippen LogP contribution in [0.5, 0.6) is 0 Å². The topological polar surface area (TPSA) is 41.3 Å². The quantitative estimate of drug-likeness (QED) is 0.801. The molecule has 0 radical (unpaired) electrons. The van der Waals surface area contributed by atoms with Gasteiger partial charge in [0.25, 0.3) is 0 Å². The number of likely N-dealkylation sites (tertiary alicyclic amines) is 1. The summed E-state index contributed by atoms with van der Waals surface area (Å²) >= 11 is 0. The minimum absolute atomic E-state index is 0.00108. The summed E-state index contributed by atoms with van der Waals surface area (Å²) in [6, 6.07) is 19.3. The van der Waals surface area contributed by atoms with Crippen molar-refractivity contribution < 1.29 is 5.11 Å². The monoisotopic (exact) mass is 321 g/mol. The predicted molar refractivity (Wildman–Crippen MR) is 95.6 cm³/mol. The van der Waals surface area contributed by atoms with Gasteiger partial charge in [-0.15, -0.1) is 0 Å². The Balaban J connectivity index is 1.50. The number of aliphatic hydroxyl groups excluding tert-OH is 1. The minimum Gasteiger partial charge on any atom is -0.388 e. The number of rotatable bonds is 4. The second-order valence-electron chi connectivity index (χ2n) is 6.54. The molecule has 1 aliphatic rings. The Morgan fingerprint density at radius 1 is 0.958 bits per heavy atom. The highest BCUT2D eigenvalue weighted by Gasteiger charge is 2.24. The summed E-state index contributed by atoms with van der Waals surface area (Å²) in [7, 11) is 0. The van der Waals surface area contributed by atoms with Gasteiger partial charge in [0.05, 0.1) is 11.0 Å². The van der Waals surface area contributed by atoms with E-state index in [2.05, 4.69) is 50.8 Å². The maximum Gasteiger partial charge on any atom is 0.135 e. The number of hydrogen-bond donors (Lipinski definition) is 1. The second kappa shape index (κ2) is 6.75. The molecule has 1 N–H and O–H groups in total. The van der Waals surface area contributed by atoms with Gasteiger partial charge in [-0.2, -0.15) is 0 Å². The molecule has 1 fully saturated rings. The molecule has 1 aromatic heterocycles. The number of benzene rings is 2. The molecular formula is C20H23N3O. The van der Waals surface area contributed by atoms with E-state index in [1.807, 2.05) is 18.2 Å². The molecule has 2 aromatic carbocycles. The van der Waals surface area contributed by atoms with E-state index in [0.717, 1.165) is 49.3 Å². The number of aliphatic hydroxyl groups is 1. The summed E-state index contributed by atoms with van der Waals surface area (Å²) in [6.07, 6.45) is 2.19. The van der Waals surface area contributed by atoms with Crippen molar-refractivity contribution >= 4 is 11.0 Å². The van der Waals surface area contributed by atoms with Gasteiger partial charge in [-0.25, -0.2) is 4.98 Å². The lowest BCUT2D eigenvalue weighted by Crippen LogP contribution is -2.34. The Hall–Kier alpha value is -2.17. The lowest BCUT2D eigenvalue weighted by molar-refractivity contribution is 0.174. The maximum atomic E-state index is 9.70. The van der Waals surface area contributed by atoms with Crippen molar-refractivity contribution in [2.45, 2.75) is 32.0 Å². The molecule has 1 saturated heterocycles. The van der Waals surface area contributed by atoms with E-state index in [-0.39, 0.29) is 6.61 Å². The molecule has 24 heavy (non-hydrogen) atoms. The Labute approximate surface area is 142 Å². The SMILES string of the molecule is OCc1nc2ccccc2n1C1CCN(Cc2ccccc2)CC1. The Morgan fingerprint density at radius 3 is 2.42 bits per heavy atom. The van der Waals surface area contributed by atoms with Gasteiger partial charge in [-0.3, -0.25) is 4.90 Å². The first-order chi connectivity index (χ1) is 11.8. The van der Waals surface area contributed by atoms with E-state index < -0.39 is 0 Å². The van der Waals surface area contributed by atoms with Crippen LogP contribution in [0.4, 0.5) is 0 Å². The third kappa shape index (κ3) is 2.95. The van der Waals surface area contributed by atoms with Crippen LogP contribution in [-0.2, 0) is 13.2 Å². The minimum atomic E-state index is -0.00108. The number of nitrogens with zero attached hydrogens (tertiary/aromatic N) is 3. The van der Waals surface area contributed by atoms with Crippen molar-refractivity contribution in [2.24, 2.45) is 0 Å². The summed E-state index contributed by atoms with van der Waals surface area (Å²) in [5.41, 5.74) is 3.50. The van der Waals surface area contributed by atoms with Crippen LogP contribution < -0.4 is 0 Å². The highest BCUT2D eigenvalue weighted by molar-refractivity contribution is 5.76. The zero-order chi connectivity index (χ0) is 16.4. The van der Waals surface area contributed by atoms with E-state index in [1.54, 1.807) is 0 Å². The van der Waals surface area contributed by atoms with Gasteiger partial charge in [-0.1, -0.05) is 42.5 Å². The van der Waals surface area contributed by atoms with E-state index in [1.165, 1.54) is 5.56 Å². The maximum absolute atomic E-state index is 9.70. The average Bonchev–Trinajstić information content (AvgIpc) is 3.02. The van der Waals surface area contributed by atoms with Crippen LogP contribution in [-0.4, -0.2) is 32.6 Å². The second-order valence-corrected chi connectivity index (χ2v) is 6.54. The van der Waals surface area contributed by atoms with E-state index in [4.69, 9.17) is 0 Å². The standard InChI is InChI=1S/C20H23N3O/c24-15-20-21-18-8-4-5-9-19(18)23(20)17-10-12-22(13-11-17)14-16-6-2-1-3-7-16/h1-9,17,24H,10-15H2. The van der Waals surface area contributed by atoms with Crippen LogP contribution in [0.3, 0.4) is 0 Å². The van der Waals surface area contributed by atoms with Crippen molar-refractivity contribution in [3.05, 3.63) is 66.0 Å². The number of hydrogen-bond acceptors (Lipinski definition) is 3. The van der Waals surface area contributed by atoms with Crippen molar-refractivity contribution in [1.29, 1.82) is 0 Å². The normalized spacial score (nSPS) is 16.7. The number of imidazole rings is 1. The van der Waals surface area contributed by atoms with Gasteiger partial charge in [0.15, 0.2) is 0 Å². The molecule has 0 unspecified atom stereocenters. The van der Waals surface area contributed by atoms with Crippen molar-refractivity contribution in [3.8, 4) is 0 Å². The highest BCUT2D eigenvalue weighted by atomic mass is 16.3. The van der Waals surface area contributed by atoms with E-state index in [0.29, 0.717) is 6.04 Å². The van der Waals surface area contributed by atoms with Gasteiger partial charge in [0.1, 0.15) is 12.4 Å². The molecular weight excluding hydrogens is 298 g/mol. The molecule has 0 saturated carbocycles. The Bertz CT molecular complexity index is 804. The van der Waals surface area contributed by atoms with Crippen LogP contribution in [0.15, 0.2) is 54.6 Å². The molecule has 0 spiro atoms. The smallest absolute Gasteiger partial charge is 0.135 e. The van der Waals surface area contributed by atoms with Crippen LogP contribution in [0, 0.1) is 0 Å². The fraction of sp³-hybridized carbons (Fsp3) is 0.350. The first kappa shape index (κ1) is 15.4. The van der Waals surface area contributed by atoms with Gasteiger partial charge in [0.2, 0.25) is 0 Å². The third-order valence-corrected chi connectivity index (χ3v) is 4.98. The van der Waals surface area contributed by atoms with Crippen molar-refractivity contribution in [2.75, 3.05) is 13.1 Å². The predicted octanol–water partition coefficient (Wildman–Crippen LogP) is 3.37. The molecule has 0 atom stereocenters. The van der Waals surface area contributed by atoms with Gasteiger partial charge >= 0.3 is 0 Å². The first-order valence-corrected chi connectivity index (χ1v) is 8.68. The molecule has 4 heteroatoms. The molecule has 0 bridgehead atoms. The largest absolute Gasteiger partial charge is 0.388 e.